The second-order valence-corrected chi connectivity index (χ2v) is 3.24. The van der Waals surface area contributed by atoms with Crippen LogP contribution in [0.4, 0.5) is 5.69 Å². The number of carbonyl (C=O) groups is 1. The van der Waals surface area contributed by atoms with Gasteiger partial charge in [0.2, 0.25) is 0 Å². The summed E-state index contributed by atoms with van der Waals surface area (Å²) in [5, 5.41) is 0. The fourth-order valence-corrected chi connectivity index (χ4v) is 1.27. The lowest BCUT2D eigenvalue weighted by Crippen LogP contribution is -2.07. The van der Waals surface area contributed by atoms with E-state index in [4.69, 9.17) is 10.5 Å². The second kappa shape index (κ2) is 4.13. The van der Waals surface area contributed by atoms with Gasteiger partial charge >= 0.3 is 5.97 Å². The summed E-state index contributed by atoms with van der Waals surface area (Å²) in [6, 6.07) is 3.56. The molecule has 3 heteroatoms. The molecule has 2 N–H and O–H groups in total. The van der Waals surface area contributed by atoms with E-state index in [1.165, 1.54) is 0 Å². The average molecular weight is 193 g/mol. The van der Waals surface area contributed by atoms with E-state index in [-0.39, 0.29) is 5.97 Å². The Morgan fingerprint density at radius 1 is 1.36 bits per heavy atom. The van der Waals surface area contributed by atoms with Gasteiger partial charge in [-0.2, -0.15) is 0 Å². The van der Waals surface area contributed by atoms with Gasteiger partial charge < -0.3 is 10.5 Å². The topological polar surface area (TPSA) is 52.3 Å². The van der Waals surface area contributed by atoms with Crippen LogP contribution in [0, 0.1) is 13.8 Å². The summed E-state index contributed by atoms with van der Waals surface area (Å²) in [6.45, 7) is 5.90. The molecule has 0 saturated heterocycles. The van der Waals surface area contributed by atoms with E-state index in [2.05, 4.69) is 0 Å². The molecule has 14 heavy (non-hydrogen) atoms. The van der Waals surface area contributed by atoms with Crippen molar-refractivity contribution < 1.29 is 9.53 Å². The minimum Gasteiger partial charge on any atom is -0.462 e. The lowest BCUT2D eigenvalue weighted by Gasteiger charge is -2.08. The number of nitrogens with two attached hydrogens (primary N) is 1. The molecule has 0 heterocycles. The van der Waals surface area contributed by atoms with Gasteiger partial charge in [-0.25, -0.2) is 4.79 Å². The summed E-state index contributed by atoms with van der Waals surface area (Å²) in [5.74, 6) is -0.284. The quantitative estimate of drug-likeness (QED) is 0.577. The molecule has 0 bridgehead atoms. The third-order valence-electron chi connectivity index (χ3n) is 2.11. The highest BCUT2D eigenvalue weighted by Crippen LogP contribution is 2.18. The zero-order chi connectivity index (χ0) is 10.7. The summed E-state index contributed by atoms with van der Waals surface area (Å²) in [6.07, 6.45) is 0. The first-order chi connectivity index (χ1) is 6.56. The van der Waals surface area contributed by atoms with Crippen LogP contribution in [0.1, 0.15) is 28.4 Å². The molecular weight excluding hydrogens is 178 g/mol. The SMILES string of the molecule is CCOC(=O)c1cc(C)c(N)cc1C. The van der Waals surface area contributed by atoms with Crippen LogP contribution in [-0.4, -0.2) is 12.6 Å². The molecule has 0 aliphatic heterocycles. The first kappa shape index (κ1) is 10.6. The zero-order valence-electron chi connectivity index (χ0n) is 8.76. The first-order valence-corrected chi connectivity index (χ1v) is 4.60. The molecule has 76 valence electrons. The molecule has 0 unspecified atom stereocenters. The van der Waals surface area contributed by atoms with Gasteiger partial charge in [-0.1, -0.05) is 0 Å². The Morgan fingerprint density at radius 3 is 2.57 bits per heavy atom. The molecule has 0 spiro atoms. The van der Waals surface area contributed by atoms with Crippen molar-refractivity contribution in [3.8, 4) is 0 Å². The summed E-state index contributed by atoms with van der Waals surface area (Å²) in [4.78, 5) is 11.5. The number of hydrogen-bond donors (Lipinski definition) is 1. The van der Waals surface area contributed by atoms with E-state index < -0.39 is 0 Å². The Bertz CT molecular complexity index is 359. The van der Waals surface area contributed by atoms with Gasteiger partial charge in [-0.05, 0) is 44.0 Å². The van der Waals surface area contributed by atoms with E-state index >= 15 is 0 Å². The van der Waals surface area contributed by atoms with Gasteiger partial charge in [0.1, 0.15) is 0 Å². The van der Waals surface area contributed by atoms with Crippen LogP contribution in [0.15, 0.2) is 12.1 Å². The summed E-state index contributed by atoms with van der Waals surface area (Å²) in [7, 11) is 0. The Kier molecular flexibility index (Phi) is 3.12. The highest BCUT2D eigenvalue weighted by molar-refractivity contribution is 5.92. The minimum absolute atomic E-state index is 0.284. The van der Waals surface area contributed by atoms with Crippen molar-refractivity contribution in [2.75, 3.05) is 12.3 Å². The predicted octanol–water partition coefficient (Wildman–Crippen LogP) is 2.06. The second-order valence-electron chi connectivity index (χ2n) is 3.24. The molecule has 0 aromatic heterocycles. The smallest absolute Gasteiger partial charge is 0.338 e. The maximum atomic E-state index is 11.5. The lowest BCUT2D eigenvalue weighted by molar-refractivity contribution is 0.0525. The van der Waals surface area contributed by atoms with E-state index in [9.17, 15) is 4.79 Å². The van der Waals surface area contributed by atoms with Crippen molar-refractivity contribution in [2.24, 2.45) is 0 Å². The molecule has 1 rings (SSSR count). The van der Waals surface area contributed by atoms with Crippen LogP contribution in [0.25, 0.3) is 0 Å². The third-order valence-corrected chi connectivity index (χ3v) is 2.11. The molecule has 3 nitrogen and oxygen atoms in total. The number of hydrogen-bond acceptors (Lipinski definition) is 3. The van der Waals surface area contributed by atoms with Crippen LogP contribution >= 0.6 is 0 Å². The van der Waals surface area contributed by atoms with Gasteiger partial charge in [0, 0.05) is 5.69 Å². The third kappa shape index (κ3) is 2.05. The van der Waals surface area contributed by atoms with Crippen molar-refractivity contribution in [3.05, 3.63) is 28.8 Å². The molecule has 0 atom stereocenters. The van der Waals surface area contributed by atoms with Crippen LogP contribution in [0.5, 0.6) is 0 Å². The van der Waals surface area contributed by atoms with E-state index in [0.29, 0.717) is 17.9 Å². The monoisotopic (exact) mass is 193 g/mol. The summed E-state index contributed by atoms with van der Waals surface area (Å²) >= 11 is 0. The zero-order valence-corrected chi connectivity index (χ0v) is 8.76. The predicted molar refractivity (Wildman–Crippen MR) is 56.3 cm³/mol. The van der Waals surface area contributed by atoms with Crippen molar-refractivity contribution in [1.82, 2.24) is 0 Å². The van der Waals surface area contributed by atoms with Gasteiger partial charge in [0.25, 0.3) is 0 Å². The van der Waals surface area contributed by atoms with Gasteiger partial charge in [0.05, 0.1) is 12.2 Å². The fraction of sp³-hybridized carbons (Fsp3) is 0.364. The molecule has 0 amide bonds. The number of ether oxygens (including phenoxy) is 1. The van der Waals surface area contributed by atoms with Crippen LogP contribution in [0.3, 0.4) is 0 Å². The highest BCUT2D eigenvalue weighted by Gasteiger charge is 2.11. The number of rotatable bonds is 2. The van der Waals surface area contributed by atoms with Gasteiger partial charge in [-0.3, -0.25) is 0 Å². The van der Waals surface area contributed by atoms with Crippen molar-refractivity contribution >= 4 is 11.7 Å². The number of aryl methyl sites for hydroxylation is 2. The fourth-order valence-electron chi connectivity index (χ4n) is 1.27. The number of benzene rings is 1. The Labute approximate surface area is 83.9 Å². The molecule has 0 aliphatic carbocycles. The molecule has 0 saturated carbocycles. The number of carbonyl (C=O) groups excluding carboxylic acids is 1. The van der Waals surface area contributed by atoms with Crippen molar-refractivity contribution in [3.63, 3.8) is 0 Å². The summed E-state index contributed by atoms with van der Waals surface area (Å²) in [5.41, 5.74) is 8.77. The van der Waals surface area contributed by atoms with Crippen molar-refractivity contribution in [2.45, 2.75) is 20.8 Å². The molecular formula is C11H15NO2. The van der Waals surface area contributed by atoms with E-state index in [1.807, 2.05) is 13.8 Å². The van der Waals surface area contributed by atoms with E-state index in [1.54, 1.807) is 19.1 Å². The maximum absolute atomic E-state index is 11.5. The Balaban J connectivity index is 3.09. The normalized spacial score (nSPS) is 9.93. The lowest BCUT2D eigenvalue weighted by atomic mass is 10.0. The van der Waals surface area contributed by atoms with Gasteiger partial charge in [0.15, 0.2) is 0 Å². The highest BCUT2D eigenvalue weighted by atomic mass is 16.5. The summed E-state index contributed by atoms with van der Waals surface area (Å²) < 4.78 is 4.92. The van der Waals surface area contributed by atoms with Gasteiger partial charge in [-0.15, -0.1) is 0 Å². The number of esters is 1. The molecule has 0 radical (unpaired) electrons. The molecule has 1 aromatic rings. The largest absolute Gasteiger partial charge is 0.462 e. The molecule has 1 aromatic carbocycles. The first-order valence-electron chi connectivity index (χ1n) is 4.60. The average Bonchev–Trinajstić information content (AvgIpc) is 2.11. The van der Waals surface area contributed by atoms with E-state index in [0.717, 1.165) is 11.1 Å². The van der Waals surface area contributed by atoms with Crippen molar-refractivity contribution in [1.29, 1.82) is 0 Å². The Hall–Kier alpha value is -1.51. The Morgan fingerprint density at radius 2 is 2.00 bits per heavy atom. The standard InChI is InChI=1S/C11H15NO2/c1-4-14-11(13)9-5-8(3)10(12)6-7(9)2/h5-6H,4,12H2,1-3H3. The van der Waals surface area contributed by atoms with Crippen LogP contribution in [-0.2, 0) is 4.74 Å². The van der Waals surface area contributed by atoms with Crippen LogP contribution < -0.4 is 5.73 Å². The number of nitrogen functional groups attached to an aromatic ring is 1. The maximum Gasteiger partial charge on any atom is 0.338 e. The molecule has 0 fully saturated rings. The van der Waals surface area contributed by atoms with Crippen LogP contribution in [0.2, 0.25) is 0 Å². The number of anilines is 1. The molecule has 0 aliphatic rings. The minimum atomic E-state index is -0.284.